The Morgan fingerprint density at radius 3 is 2.59 bits per heavy atom. The van der Waals surface area contributed by atoms with E-state index in [9.17, 15) is 4.79 Å². The maximum absolute atomic E-state index is 13.4. The fourth-order valence-electron chi connectivity index (χ4n) is 4.01. The molecule has 6 heteroatoms. The lowest BCUT2D eigenvalue weighted by atomic mass is 10.0. The standard InChI is InChI=1S/C28H23N3O2S/c1-17-11-12-21(18(2)13-17)26-16-34-28(30-26)31-27(32)23-15-25(19-7-6-8-20(14-19)33-3)29-24-10-5-4-9-22(23)24/h4-16H,1-3H3,(H,30,31,32). The Labute approximate surface area is 202 Å². The summed E-state index contributed by atoms with van der Waals surface area (Å²) in [4.78, 5) is 22.9. The number of hydrogen-bond donors (Lipinski definition) is 1. The van der Waals surface area contributed by atoms with E-state index in [1.165, 1.54) is 16.9 Å². The number of nitrogens with one attached hydrogen (secondary N) is 1. The first-order chi connectivity index (χ1) is 16.5. The number of aromatic nitrogens is 2. The summed E-state index contributed by atoms with van der Waals surface area (Å²) in [5.74, 6) is 0.518. The molecule has 168 valence electrons. The van der Waals surface area contributed by atoms with Gasteiger partial charge >= 0.3 is 0 Å². The zero-order valence-electron chi connectivity index (χ0n) is 19.1. The monoisotopic (exact) mass is 465 g/mol. The molecule has 0 radical (unpaired) electrons. The van der Waals surface area contributed by atoms with E-state index in [0.29, 0.717) is 16.4 Å². The average molecular weight is 466 g/mol. The maximum atomic E-state index is 13.4. The molecule has 0 aliphatic carbocycles. The van der Waals surface area contributed by atoms with Gasteiger partial charge in [0, 0.05) is 21.9 Å². The zero-order valence-corrected chi connectivity index (χ0v) is 19.9. The molecule has 0 saturated heterocycles. The van der Waals surface area contributed by atoms with Crippen LogP contribution in [0.1, 0.15) is 21.5 Å². The number of thiazole rings is 1. The number of carbonyl (C=O) groups is 1. The second kappa shape index (κ2) is 9.08. The number of benzene rings is 3. The molecule has 2 aromatic heterocycles. The van der Waals surface area contributed by atoms with Crippen LogP contribution in [0.3, 0.4) is 0 Å². The minimum atomic E-state index is -0.218. The van der Waals surface area contributed by atoms with Crippen molar-refractivity contribution in [1.82, 2.24) is 9.97 Å². The van der Waals surface area contributed by atoms with E-state index in [2.05, 4.69) is 42.3 Å². The SMILES string of the molecule is COc1cccc(-c2cc(C(=O)Nc3nc(-c4ccc(C)cc4C)cs3)c3ccccc3n2)c1. The number of hydrogen-bond acceptors (Lipinski definition) is 5. The lowest BCUT2D eigenvalue weighted by Crippen LogP contribution is -2.13. The van der Waals surface area contributed by atoms with Crippen molar-refractivity contribution in [3.8, 4) is 28.3 Å². The number of nitrogens with zero attached hydrogens (tertiary/aromatic N) is 2. The molecule has 34 heavy (non-hydrogen) atoms. The molecule has 0 fully saturated rings. The third-order valence-corrected chi connectivity index (χ3v) is 6.47. The van der Waals surface area contributed by atoms with Crippen molar-refractivity contribution in [2.45, 2.75) is 13.8 Å². The molecule has 5 rings (SSSR count). The van der Waals surface area contributed by atoms with Crippen molar-refractivity contribution in [2.24, 2.45) is 0 Å². The first kappa shape index (κ1) is 21.8. The summed E-state index contributed by atoms with van der Waals surface area (Å²) in [5.41, 5.74) is 7.18. The van der Waals surface area contributed by atoms with Gasteiger partial charge in [-0.05, 0) is 43.7 Å². The van der Waals surface area contributed by atoms with Gasteiger partial charge in [-0.15, -0.1) is 11.3 Å². The molecule has 5 aromatic rings. The highest BCUT2D eigenvalue weighted by Crippen LogP contribution is 2.30. The van der Waals surface area contributed by atoms with Crippen LogP contribution >= 0.6 is 11.3 Å². The summed E-state index contributed by atoms with van der Waals surface area (Å²) in [6, 6.07) is 23.4. The summed E-state index contributed by atoms with van der Waals surface area (Å²) in [7, 11) is 1.63. The number of ether oxygens (including phenoxy) is 1. The van der Waals surface area contributed by atoms with Crippen molar-refractivity contribution in [3.05, 3.63) is 94.9 Å². The quantitative estimate of drug-likeness (QED) is 0.306. The molecule has 0 atom stereocenters. The molecule has 0 saturated carbocycles. The molecule has 5 nitrogen and oxygen atoms in total. The lowest BCUT2D eigenvalue weighted by Gasteiger charge is -2.10. The highest BCUT2D eigenvalue weighted by molar-refractivity contribution is 7.14. The maximum Gasteiger partial charge on any atom is 0.258 e. The van der Waals surface area contributed by atoms with Crippen molar-refractivity contribution in [3.63, 3.8) is 0 Å². The highest BCUT2D eigenvalue weighted by atomic mass is 32.1. The number of fused-ring (bicyclic) bond motifs is 1. The van der Waals surface area contributed by atoms with Gasteiger partial charge in [0.25, 0.3) is 5.91 Å². The van der Waals surface area contributed by atoms with Crippen LogP contribution in [0.5, 0.6) is 5.75 Å². The molecular formula is C28H23N3O2S. The van der Waals surface area contributed by atoms with Crippen LogP contribution in [-0.4, -0.2) is 23.0 Å². The number of pyridine rings is 1. The number of aryl methyl sites for hydroxylation is 2. The van der Waals surface area contributed by atoms with Gasteiger partial charge < -0.3 is 4.74 Å². The fourth-order valence-corrected chi connectivity index (χ4v) is 4.72. The van der Waals surface area contributed by atoms with Gasteiger partial charge in [-0.2, -0.15) is 0 Å². The van der Waals surface area contributed by atoms with Gasteiger partial charge in [0.2, 0.25) is 0 Å². The van der Waals surface area contributed by atoms with Crippen LogP contribution in [0.4, 0.5) is 5.13 Å². The summed E-state index contributed by atoms with van der Waals surface area (Å²) in [6.07, 6.45) is 0. The lowest BCUT2D eigenvalue weighted by molar-refractivity contribution is 0.102. The number of anilines is 1. The molecule has 0 bridgehead atoms. The van der Waals surface area contributed by atoms with E-state index in [1.54, 1.807) is 7.11 Å². The first-order valence-electron chi connectivity index (χ1n) is 10.9. The molecule has 3 aromatic carbocycles. The van der Waals surface area contributed by atoms with Gasteiger partial charge in [0.1, 0.15) is 5.75 Å². The van der Waals surface area contributed by atoms with Crippen LogP contribution < -0.4 is 10.1 Å². The molecule has 1 N–H and O–H groups in total. The summed E-state index contributed by atoms with van der Waals surface area (Å²) < 4.78 is 5.36. The van der Waals surface area contributed by atoms with Crippen LogP contribution in [0.25, 0.3) is 33.4 Å². The fraction of sp³-hybridized carbons (Fsp3) is 0.107. The first-order valence-corrected chi connectivity index (χ1v) is 11.8. The normalized spacial score (nSPS) is 10.9. The predicted octanol–water partition coefficient (Wildman–Crippen LogP) is 6.90. The molecule has 2 heterocycles. The topological polar surface area (TPSA) is 64.1 Å². The van der Waals surface area contributed by atoms with Gasteiger partial charge in [0.15, 0.2) is 5.13 Å². The van der Waals surface area contributed by atoms with E-state index in [1.807, 2.05) is 60.0 Å². The molecule has 0 aliphatic rings. The highest BCUT2D eigenvalue weighted by Gasteiger charge is 2.16. The predicted molar refractivity (Wildman–Crippen MR) is 139 cm³/mol. The Morgan fingerprint density at radius 2 is 1.76 bits per heavy atom. The Hall–Kier alpha value is -4.03. The average Bonchev–Trinajstić information content (AvgIpc) is 3.31. The van der Waals surface area contributed by atoms with Crippen molar-refractivity contribution in [1.29, 1.82) is 0 Å². The Morgan fingerprint density at radius 1 is 0.912 bits per heavy atom. The third-order valence-electron chi connectivity index (χ3n) is 5.71. The second-order valence-electron chi connectivity index (χ2n) is 8.11. The Balaban J connectivity index is 1.50. The molecule has 1 amide bonds. The second-order valence-corrected chi connectivity index (χ2v) is 8.97. The van der Waals surface area contributed by atoms with Crippen LogP contribution in [0, 0.1) is 13.8 Å². The van der Waals surface area contributed by atoms with Crippen molar-refractivity contribution >= 4 is 33.3 Å². The van der Waals surface area contributed by atoms with Gasteiger partial charge in [0.05, 0.1) is 29.6 Å². The molecule has 0 spiro atoms. The van der Waals surface area contributed by atoms with E-state index in [4.69, 9.17) is 9.72 Å². The Bertz CT molecular complexity index is 1520. The van der Waals surface area contributed by atoms with Crippen LogP contribution in [-0.2, 0) is 0 Å². The van der Waals surface area contributed by atoms with E-state index in [-0.39, 0.29) is 5.91 Å². The Kier molecular flexibility index (Phi) is 5.82. The number of amides is 1. The summed E-state index contributed by atoms with van der Waals surface area (Å²) in [6.45, 7) is 4.14. The van der Waals surface area contributed by atoms with Crippen molar-refractivity contribution in [2.75, 3.05) is 12.4 Å². The smallest absolute Gasteiger partial charge is 0.258 e. The van der Waals surface area contributed by atoms with Crippen LogP contribution in [0.2, 0.25) is 0 Å². The minimum absolute atomic E-state index is 0.218. The number of methoxy groups -OCH3 is 1. The molecule has 0 unspecified atom stereocenters. The van der Waals surface area contributed by atoms with E-state index in [0.717, 1.165) is 39.0 Å². The van der Waals surface area contributed by atoms with Crippen molar-refractivity contribution < 1.29 is 9.53 Å². The molecule has 0 aliphatic heterocycles. The third kappa shape index (κ3) is 4.28. The van der Waals surface area contributed by atoms with E-state index < -0.39 is 0 Å². The van der Waals surface area contributed by atoms with Crippen LogP contribution in [0.15, 0.2) is 78.2 Å². The zero-order chi connectivity index (χ0) is 23.7. The molecular weight excluding hydrogens is 442 g/mol. The van der Waals surface area contributed by atoms with Gasteiger partial charge in [-0.1, -0.05) is 54.1 Å². The number of rotatable bonds is 5. The number of carbonyl (C=O) groups excluding carboxylic acids is 1. The summed E-state index contributed by atoms with van der Waals surface area (Å²) in [5, 5.41) is 6.31. The summed E-state index contributed by atoms with van der Waals surface area (Å²) >= 11 is 1.42. The number of para-hydroxylation sites is 1. The largest absolute Gasteiger partial charge is 0.497 e. The minimum Gasteiger partial charge on any atom is -0.497 e. The van der Waals surface area contributed by atoms with Gasteiger partial charge in [-0.25, -0.2) is 9.97 Å². The van der Waals surface area contributed by atoms with Gasteiger partial charge in [-0.3, -0.25) is 10.1 Å². The van der Waals surface area contributed by atoms with E-state index >= 15 is 0 Å².